The summed E-state index contributed by atoms with van der Waals surface area (Å²) < 4.78 is 7.88. The zero-order valence-corrected chi connectivity index (χ0v) is 15.8. The van der Waals surface area contributed by atoms with E-state index >= 15 is 0 Å². The molecule has 3 heterocycles. The van der Waals surface area contributed by atoms with Gasteiger partial charge in [0, 0.05) is 24.7 Å². The van der Waals surface area contributed by atoms with Gasteiger partial charge in [0.2, 0.25) is 11.8 Å². The van der Waals surface area contributed by atoms with Gasteiger partial charge < -0.3 is 10.1 Å². The number of ether oxygens (including phenoxy) is 1. The number of nitrogens with zero attached hydrogens (tertiary/aromatic N) is 3. The Morgan fingerprint density at radius 1 is 1.26 bits per heavy atom. The van der Waals surface area contributed by atoms with Gasteiger partial charge in [-0.2, -0.15) is 16.9 Å². The molecule has 0 unspecified atom stereocenters. The molecule has 0 aliphatic carbocycles. The third kappa shape index (κ3) is 3.68. The van der Waals surface area contributed by atoms with Gasteiger partial charge in [0.05, 0.1) is 17.9 Å². The van der Waals surface area contributed by atoms with Crippen LogP contribution >= 0.6 is 11.8 Å². The number of benzene rings is 1. The predicted octanol–water partition coefficient (Wildman–Crippen LogP) is 3.70. The molecule has 138 valence electrons. The molecular weight excluding hydrogens is 360 g/mol. The fourth-order valence-electron chi connectivity index (χ4n) is 3.15. The minimum Gasteiger partial charge on any atom is -0.477 e. The van der Waals surface area contributed by atoms with E-state index in [2.05, 4.69) is 10.3 Å². The highest BCUT2D eigenvalue weighted by molar-refractivity contribution is 7.99. The molecule has 1 amide bonds. The van der Waals surface area contributed by atoms with Crippen LogP contribution < -0.4 is 10.1 Å². The van der Waals surface area contributed by atoms with Crippen molar-refractivity contribution in [2.45, 2.75) is 13.0 Å². The number of anilines is 1. The zero-order chi connectivity index (χ0) is 18.6. The van der Waals surface area contributed by atoms with E-state index in [9.17, 15) is 4.79 Å². The number of aryl methyl sites for hydroxylation is 1. The molecule has 0 atom stereocenters. The van der Waals surface area contributed by atoms with E-state index in [4.69, 9.17) is 9.84 Å². The molecule has 4 rings (SSSR count). The van der Waals surface area contributed by atoms with E-state index in [1.54, 1.807) is 6.20 Å². The number of aromatic nitrogens is 3. The minimum absolute atomic E-state index is 0.0660. The van der Waals surface area contributed by atoms with Crippen LogP contribution in [0.4, 0.5) is 5.82 Å². The number of nitrogens with one attached hydrogen (secondary N) is 1. The first-order chi connectivity index (χ1) is 13.3. The summed E-state index contributed by atoms with van der Waals surface area (Å²) in [5, 5.41) is 7.64. The Bertz CT molecular complexity index is 956. The third-order valence-electron chi connectivity index (χ3n) is 4.30. The number of rotatable bonds is 5. The van der Waals surface area contributed by atoms with Gasteiger partial charge in [-0.3, -0.25) is 4.79 Å². The van der Waals surface area contributed by atoms with Gasteiger partial charge in [0.15, 0.2) is 0 Å². The first-order valence-corrected chi connectivity index (χ1v) is 10.2. The van der Waals surface area contributed by atoms with Crippen molar-refractivity contribution in [1.82, 2.24) is 14.8 Å². The van der Waals surface area contributed by atoms with Crippen LogP contribution in [0.2, 0.25) is 0 Å². The lowest BCUT2D eigenvalue weighted by Crippen LogP contribution is -2.15. The first-order valence-electron chi connectivity index (χ1n) is 8.80. The number of hydrogen-bond donors (Lipinski definition) is 1. The molecule has 1 aromatic carbocycles. The van der Waals surface area contributed by atoms with Crippen LogP contribution in [0.25, 0.3) is 22.4 Å². The Morgan fingerprint density at radius 3 is 2.93 bits per heavy atom. The second kappa shape index (κ2) is 7.84. The Balaban J connectivity index is 1.79. The summed E-state index contributed by atoms with van der Waals surface area (Å²) in [6.45, 7) is 1.51. The lowest BCUT2D eigenvalue weighted by molar-refractivity contribution is -0.113. The Labute approximate surface area is 162 Å². The number of fused-ring (bicyclic) bond motifs is 1. The van der Waals surface area contributed by atoms with Gasteiger partial charge in [-0.15, -0.1) is 0 Å². The van der Waals surface area contributed by atoms with E-state index < -0.39 is 0 Å². The monoisotopic (exact) mass is 380 g/mol. The fraction of sp³-hybridized carbons (Fsp3) is 0.250. The predicted molar refractivity (Wildman–Crippen MR) is 108 cm³/mol. The van der Waals surface area contributed by atoms with Crippen LogP contribution in [0, 0.1) is 0 Å². The molecule has 0 fully saturated rings. The van der Waals surface area contributed by atoms with Crippen LogP contribution in [0.5, 0.6) is 5.88 Å². The molecule has 3 aromatic rings. The summed E-state index contributed by atoms with van der Waals surface area (Å²) in [5.41, 5.74) is 3.76. The van der Waals surface area contributed by atoms with Crippen molar-refractivity contribution < 1.29 is 9.53 Å². The molecule has 1 aliphatic rings. The molecule has 0 saturated carbocycles. The van der Waals surface area contributed by atoms with E-state index in [-0.39, 0.29) is 5.91 Å². The van der Waals surface area contributed by atoms with E-state index in [0.717, 1.165) is 41.2 Å². The van der Waals surface area contributed by atoms with Gasteiger partial charge in [0.25, 0.3) is 0 Å². The zero-order valence-electron chi connectivity index (χ0n) is 15.0. The summed E-state index contributed by atoms with van der Waals surface area (Å²) >= 11 is 1.48. The van der Waals surface area contributed by atoms with Crippen molar-refractivity contribution in [1.29, 1.82) is 0 Å². The van der Waals surface area contributed by atoms with Crippen LogP contribution in [0.3, 0.4) is 0 Å². The van der Waals surface area contributed by atoms with Crippen molar-refractivity contribution in [3.63, 3.8) is 0 Å². The summed E-state index contributed by atoms with van der Waals surface area (Å²) in [6, 6.07) is 13.9. The molecule has 0 saturated heterocycles. The molecule has 0 spiro atoms. The highest BCUT2D eigenvalue weighted by Gasteiger charge is 2.24. The highest BCUT2D eigenvalue weighted by Crippen LogP contribution is 2.40. The smallest absolute Gasteiger partial charge is 0.235 e. The molecule has 6 nitrogen and oxygen atoms in total. The van der Waals surface area contributed by atoms with E-state index in [0.29, 0.717) is 18.2 Å². The van der Waals surface area contributed by atoms with Gasteiger partial charge in [-0.1, -0.05) is 30.3 Å². The van der Waals surface area contributed by atoms with Crippen molar-refractivity contribution >= 4 is 23.5 Å². The SMILES string of the molecule is CSCC(=O)Nc1cc(-c2c(-c3ccccc3)nn3c2OCCC3)ccn1. The largest absolute Gasteiger partial charge is 0.477 e. The molecule has 27 heavy (non-hydrogen) atoms. The summed E-state index contributed by atoms with van der Waals surface area (Å²) in [7, 11) is 0. The average molecular weight is 380 g/mol. The van der Waals surface area contributed by atoms with E-state index in [1.165, 1.54) is 11.8 Å². The maximum absolute atomic E-state index is 11.9. The molecule has 1 N–H and O–H groups in total. The molecule has 0 radical (unpaired) electrons. The van der Waals surface area contributed by atoms with Gasteiger partial charge in [0.1, 0.15) is 11.5 Å². The highest BCUT2D eigenvalue weighted by atomic mass is 32.2. The maximum Gasteiger partial charge on any atom is 0.235 e. The lowest BCUT2D eigenvalue weighted by atomic mass is 10.0. The number of pyridine rings is 1. The standard InChI is InChI=1S/C20H20N4O2S/c1-27-13-17(25)22-16-12-15(8-9-21-16)18-19(14-6-3-2-4-7-14)23-24-10-5-11-26-20(18)24/h2-4,6-9,12H,5,10-11,13H2,1H3,(H,21,22,25). The number of carbonyl (C=O) groups is 1. The number of amides is 1. The maximum atomic E-state index is 11.9. The van der Waals surface area contributed by atoms with Crippen molar-refractivity contribution in [3.8, 4) is 28.3 Å². The van der Waals surface area contributed by atoms with Crippen molar-refractivity contribution in [2.75, 3.05) is 23.9 Å². The summed E-state index contributed by atoms with van der Waals surface area (Å²) in [4.78, 5) is 16.2. The van der Waals surface area contributed by atoms with Crippen molar-refractivity contribution in [2.24, 2.45) is 0 Å². The Morgan fingerprint density at radius 2 is 2.11 bits per heavy atom. The number of carbonyl (C=O) groups excluding carboxylic acids is 1. The number of thioether (sulfide) groups is 1. The second-order valence-corrected chi connectivity index (χ2v) is 7.10. The molecule has 0 bridgehead atoms. The van der Waals surface area contributed by atoms with Gasteiger partial charge in [-0.25, -0.2) is 9.67 Å². The molecule has 7 heteroatoms. The lowest BCUT2D eigenvalue weighted by Gasteiger charge is -2.16. The Kier molecular flexibility index (Phi) is 5.11. The minimum atomic E-state index is -0.0660. The van der Waals surface area contributed by atoms with Gasteiger partial charge in [-0.05, 0) is 24.0 Å². The average Bonchev–Trinajstić information content (AvgIpc) is 3.08. The normalized spacial score (nSPS) is 12.9. The number of hydrogen-bond acceptors (Lipinski definition) is 5. The molecule has 1 aliphatic heterocycles. The van der Waals surface area contributed by atoms with Gasteiger partial charge >= 0.3 is 0 Å². The summed E-state index contributed by atoms with van der Waals surface area (Å²) in [6.07, 6.45) is 4.53. The van der Waals surface area contributed by atoms with Crippen LogP contribution in [-0.2, 0) is 11.3 Å². The van der Waals surface area contributed by atoms with Crippen LogP contribution in [0.1, 0.15) is 6.42 Å². The fourth-order valence-corrected chi connectivity index (χ4v) is 3.48. The van der Waals surface area contributed by atoms with Crippen LogP contribution in [0.15, 0.2) is 48.7 Å². The molecular formula is C20H20N4O2S. The van der Waals surface area contributed by atoms with Crippen LogP contribution in [-0.4, -0.2) is 39.3 Å². The summed E-state index contributed by atoms with van der Waals surface area (Å²) in [5.74, 6) is 1.63. The van der Waals surface area contributed by atoms with Crippen molar-refractivity contribution in [3.05, 3.63) is 48.7 Å². The first kappa shape index (κ1) is 17.6. The van der Waals surface area contributed by atoms with E-state index in [1.807, 2.05) is 53.4 Å². The second-order valence-electron chi connectivity index (χ2n) is 6.23. The third-order valence-corrected chi connectivity index (χ3v) is 4.85. The quantitative estimate of drug-likeness (QED) is 0.731. The Hall–Kier alpha value is -2.80. The molecule has 2 aromatic heterocycles. The topological polar surface area (TPSA) is 69.0 Å².